The van der Waals surface area contributed by atoms with Gasteiger partial charge < -0.3 is 0 Å². The molecule has 0 atom stereocenters. The molecule has 60 valence electrons. The average molecular weight is 149 g/mol. The third-order valence-corrected chi connectivity index (χ3v) is 1.39. The third kappa shape index (κ3) is 4.35. The molecule has 0 saturated heterocycles. The van der Waals surface area contributed by atoms with Crippen molar-refractivity contribution in [3.8, 4) is 0 Å². The molecule has 0 bridgehead atoms. The fraction of sp³-hybridized carbons (Fsp3) is 0.400. The number of hydrogen-bond donors (Lipinski definition) is 0. The van der Waals surface area contributed by atoms with Crippen molar-refractivity contribution >= 4 is 6.21 Å². The van der Waals surface area contributed by atoms with E-state index in [0.29, 0.717) is 5.92 Å². The van der Waals surface area contributed by atoms with E-state index in [1.165, 1.54) is 5.57 Å². The molecule has 0 aliphatic rings. The molecule has 0 rings (SSSR count). The summed E-state index contributed by atoms with van der Waals surface area (Å²) in [5, 5.41) is 0. The van der Waals surface area contributed by atoms with Gasteiger partial charge in [0.05, 0.1) is 6.20 Å². The van der Waals surface area contributed by atoms with Crippen LogP contribution in [0.4, 0.5) is 0 Å². The smallest absolute Gasteiger partial charge is 0.0680 e. The van der Waals surface area contributed by atoms with Crippen LogP contribution in [0.3, 0.4) is 0 Å². The van der Waals surface area contributed by atoms with E-state index in [1.807, 2.05) is 13.1 Å². The first-order chi connectivity index (χ1) is 5.22. The summed E-state index contributed by atoms with van der Waals surface area (Å²) < 4.78 is 0. The van der Waals surface area contributed by atoms with Crippen LogP contribution >= 0.6 is 0 Å². The Bertz CT molecular complexity index is 203. The molecule has 0 aromatic carbocycles. The molecule has 11 heavy (non-hydrogen) atoms. The fourth-order valence-electron chi connectivity index (χ4n) is 0.733. The number of aliphatic imine (C=N–C) groups is 1. The van der Waals surface area contributed by atoms with Crippen LogP contribution in [0.5, 0.6) is 0 Å². The molecule has 0 fully saturated rings. The first kappa shape index (κ1) is 9.93. The van der Waals surface area contributed by atoms with Crippen molar-refractivity contribution in [1.29, 1.82) is 0 Å². The van der Waals surface area contributed by atoms with Gasteiger partial charge in [-0.3, -0.25) is 4.99 Å². The van der Waals surface area contributed by atoms with Crippen LogP contribution in [-0.2, 0) is 0 Å². The normalized spacial score (nSPS) is 12.2. The summed E-state index contributed by atoms with van der Waals surface area (Å²) in [6, 6.07) is 0. The Balaban J connectivity index is 4.21. The first-order valence-electron chi connectivity index (χ1n) is 3.76. The van der Waals surface area contributed by atoms with Gasteiger partial charge in [0, 0.05) is 6.21 Å². The summed E-state index contributed by atoms with van der Waals surface area (Å²) in [4.78, 5) is 3.99. The Labute approximate surface area is 68.9 Å². The van der Waals surface area contributed by atoms with E-state index in [2.05, 4.69) is 37.2 Å². The molecule has 0 aliphatic heterocycles. The zero-order valence-corrected chi connectivity index (χ0v) is 7.46. The maximum Gasteiger partial charge on any atom is 0.0680 e. The lowest BCUT2D eigenvalue weighted by Gasteiger charge is -2.02. The van der Waals surface area contributed by atoms with Gasteiger partial charge in [-0.1, -0.05) is 26.5 Å². The van der Waals surface area contributed by atoms with Gasteiger partial charge in [0.2, 0.25) is 0 Å². The van der Waals surface area contributed by atoms with Gasteiger partial charge in [-0.25, -0.2) is 0 Å². The summed E-state index contributed by atoms with van der Waals surface area (Å²) in [7, 11) is 0. The highest BCUT2D eigenvalue weighted by Gasteiger charge is 1.95. The minimum absolute atomic E-state index is 0.530. The maximum atomic E-state index is 3.99. The highest BCUT2D eigenvalue weighted by molar-refractivity contribution is 5.79. The Kier molecular flexibility index (Phi) is 5.14. The average Bonchev–Trinajstić information content (AvgIpc) is 1.97. The molecular weight excluding hydrogens is 134 g/mol. The predicted molar refractivity (Wildman–Crippen MR) is 50.8 cm³/mol. The molecule has 0 amide bonds. The number of hydrogen-bond acceptors (Lipinski definition) is 1. The van der Waals surface area contributed by atoms with Crippen molar-refractivity contribution in [2.75, 3.05) is 0 Å². The van der Waals surface area contributed by atoms with Gasteiger partial charge in [0.15, 0.2) is 0 Å². The van der Waals surface area contributed by atoms with Gasteiger partial charge in [-0.2, -0.15) is 0 Å². The molecule has 0 aliphatic carbocycles. The SMILES string of the molecule is C=C=C/N=C\C(=C/C)C(C)C. The Morgan fingerprint density at radius 2 is 2.18 bits per heavy atom. The van der Waals surface area contributed by atoms with Crippen LogP contribution in [0.2, 0.25) is 0 Å². The van der Waals surface area contributed by atoms with Gasteiger partial charge in [-0.05, 0) is 18.4 Å². The molecular formula is C10H15N. The van der Waals surface area contributed by atoms with Gasteiger partial charge in [0.1, 0.15) is 0 Å². The largest absolute Gasteiger partial charge is 0.256 e. The maximum absolute atomic E-state index is 3.99. The van der Waals surface area contributed by atoms with E-state index < -0.39 is 0 Å². The number of nitrogens with zero attached hydrogens (tertiary/aromatic N) is 1. The number of rotatable bonds is 3. The van der Waals surface area contributed by atoms with E-state index >= 15 is 0 Å². The lowest BCUT2D eigenvalue weighted by Crippen LogP contribution is -1.93. The standard InChI is InChI=1S/C10H15N/c1-5-7-11-8-10(6-2)9(3)4/h6-9H,1H2,2-4H3/b10-6+,11-8-. The minimum Gasteiger partial charge on any atom is -0.256 e. The molecule has 0 unspecified atom stereocenters. The predicted octanol–water partition coefficient (Wildman–Crippen LogP) is 2.96. The minimum atomic E-state index is 0.530. The molecule has 0 aromatic heterocycles. The van der Waals surface area contributed by atoms with E-state index in [9.17, 15) is 0 Å². The van der Waals surface area contributed by atoms with Crippen molar-refractivity contribution in [1.82, 2.24) is 0 Å². The summed E-state index contributed by atoms with van der Waals surface area (Å²) in [6.07, 6.45) is 5.46. The molecule has 0 saturated carbocycles. The molecule has 0 aromatic rings. The zero-order valence-electron chi connectivity index (χ0n) is 7.46. The molecule has 0 heterocycles. The fourth-order valence-corrected chi connectivity index (χ4v) is 0.733. The highest BCUT2D eigenvalue weighted by Crippen LogP contribution is 2.05. The van der Waals surface area contributed by atoms with Crippen LogP contribution < -0.4 is 0 Å². The Morgan fingerprint density at radius 3 is 2.55 bits per heavy atom. The molecule has 0 radical (unpaired) electrons. The Hall–Kier alpha value is -1.07. The second-order valence-corrected chi connectivity index (χ2v) is 2.55. The van der Waals surface area contributed by atoms with Crippen LogP contribution in [0.1, 0.15) is 20.8 Å². The lowest BCUT2D eigenvalue weighted by atomic mass is 10.1. The second-order valence-electron chi connectivity index (χ2n) is 2.55. The zero-order chi connectivity index (χ0) is 8.69. The number of allylic oxidation sites excluding steroid dienone is 2. The lowest BCUT2D eigenvalue weighted by molar-refractivity contribution is 0.805. The van der Waals surface area contributed by atoms with Crippen molar-refractivity contribution in [2.45, 2.75) is 20.8 Å². The van der Waals surface area contributed by atoms with Crippen molar-refractivity contribution in [3.63, 3.8) is 0 Å². The summed E-state index contributed by atoms with van der Waals surface area (Å²) in [6.45, 7) is 9.70. The van der Waals surface area contributed by atoms with Gasteiger partial charge in [-0.15, -0.1) is 5.73 Å². The summed E-state index contributed by atoms with van der Waals surface area (Å²) in [5.74, 6) is 0.530. The van der Waals surface area contributed by atoms with Crippen LogP contribution in [0, 0.1) is 5.92 Å². The quantitative estimate of drug-likeness (QED) is 0.432. The molecule has 1 heteroatoms. The summed E-state index contributed by atoms with van der Waals surface area (Å²) >= 11 is 0. The van der Waals surface area contributed by atoms with Crippen LogP contribution in [-0.4, -0.2) is 6.21 Å². The summed E-state index contributed by atoms with van der Waals surface area (Å²) in [5.41, 5.74) is 3.82. The van der Waals surface area contributed by atoms with E-state index in [4.69, 9.17) is 0 Å². The molecule has 1 nitrogen and oxygen atoms in total. The third-order valence-electron chi connectivity index (χ3n) is 1.39. The molecule has 0 spiro atoms. The van der Waals surface area contributed by atoms with Crippen molar-refractivity contribution in [3.05, 3.63) is 30.2 Å². The van der Waals surface area contributed by atoms with Gasteiger partial charge >= 0.3 is 0 Å². The highest BCUT2D eigenvalue weighted by atomic mass is 14.7. The van der Waals surface area contributed by atoms with Gasteiger partial charge in [0.25, 0.3) is 0 Å². The van der Waals surface area contributed by atoms with Crippen LogP contribution in [0.15, 0.2) is 35.2 Å². The van der Waals surface area contributed by atoms with Crippen molar-refractivity contribution in [2.24, 2.45) is 10.9 Å². The molecule has 0 N–H and O–H groups in total. The monoisotopic (exact) mass is 149 g/mol. The van der Waals surface area contributed by atoms with Crippen molar-refractivity contribution < 1.29 is 0 Å². The van der Waals surface area contributed by atoms with Crippen LogP contribution in [0.25, 0.3) is 0 Å². The Morgan fingerprint density at radius 1 is 1.55 bits per heavy atom. The van der Waals surface area contributed by atoms with E-state index in [1.54, 1.807) is 6.20 Å². The van der Waals surface area contributed by atoms with E-state index in [0.717, 1.165) is 0 Å². The second kappa shape index (κ2) is 5.70. The first-order valence-corrected chi connectivity index (χ1v) is 3.76. The van der Waals surface area contributed by atoms with E-state index in [-0.39, 0.29) is 0 Å². The topological polar surface area (TPSA) is 12.4 Å².